The van der Waals surface area contributed by atoms with Gasteiger partial charge in [-0.25, -0.2) is 0 Å². The highest BCUT2D eigenvalue weighted by molar-refractivity contribution is 4.94. The molecule has 2 unspecified atom stereocenters. The van der Waals surface area contributed by atoms with E-state index in [9.17, 15) is 0 Å². The summed E-state index contributed by atoms with van der Waals surface area (Å²) in [6.45, 7) is 9.78. The Labute approximate surface area is 88.1 Å². The quantitative estimate of drug-likeness (QED) is 0.685. The lowest BCUT2D eigenvalue weighted by atomic mass is 9.58. The molecule has 0 aromatic heterocycles. The van der Waals surface area contributed by atoms with Gasteiger partial charge in [0.25, 0.3) is 0 Å². The van der Waals surface area contributed by atoms with E-state index >= 15 is 0 Å². The summed E-state index contributed by atoms with van der Waals surface area (Å²) in [5.74, 6) is 1.83. The van der Waals surface area contributed by atoms with Gasteiger partial charge in [-0.15, -0.1) is 0 Å². The van der Waals surface area contributed by atoms with Crippen LogP contribution in [0.25, 0.3) is 0 Å². The van der Waals surface area contributed by atoms with Crippen LogP contribution in [0.15, 0.2) is 0 Å². The van der Waals surface area contributed by atoms with Gasteiger partial charge in [0.15, 0.2) is 0 Å². The van der Waals surface area contributed by atoms with Crippen LogP contribution in [0, 0.1) is 17.3 Å². The maximum absolute atomic E-state index is 3.57. The van der Waals surface area contributed by atoms with Gasteiger partial charge in [0, 0.05) is 19.6 Å². The molecule has 2 heteroatoms. The lowest BCUT2D eigenvalue weighted by Gasteiger charge is -2.49. The predicted octanol–water partition coefficient (Wildman–Crippen LogP) is 1.57. The van der Waals surface area contributed by atoms with E-state index in [2.05, 4.69) is 31.1 Å². The molecule has 1 saturated heterocycles. The molecule has 82 valence electrons. The molecule has 0 spiro atoms. The van der Waals surface area contributed by atoms with E-state index in [1.54, 1.807) is 0 Å². The number of hydrogen-bond donors (Lipinski definition) is 1. The van der Waals surface area contributed by atoms with Gasteiger partial charge < -0.3 is 10.2 Å². The average molecular weight is 196 g/mol. The summed E-state index contributed by atoms with van der Waals surface area (Å²) in [6, 6.07) is 0. The van der Waals surface area contributed by atoms with Crippen molar-refractivity contribution >= 4 is 0 Å². The molecule has 2 rings (SSSR count). The van der Waals surface area contributed by atoms with Gasteiger partial charge in [-0.1, -0.05) is 13.8 Å². The Morgan fingerprint density at radius 1 is 1.36 bits per heavy atom. The Morgan fingerprint density at radius 2 is 2.14 bits per heavy atom. The molecule has 14 heavy (non-hydrogen) atoms. The van der Waals surface area contributed by atoms with E-state index in [4.69, 9.17) is 0 Å². The summed E-state index contributed by atoms with van der Waals surface area (Å²) < 4.78 is 0. The Kier molecular flexibility index (Phi) is 2.85. The number of hydrogen-bond acceptors (Lipinski definition) is 2. The minimum atomic E-state index is 0.609. The fourth-order valence-corrected chi connectivity index (χ4v) is 3.15. The smallest absolute Gasteiger partial charge is 0.0104 e. The largest absolute Gasteiger partial charge is 0.315 e. The maximum Gasteiger partial charge on any atom is 0.0104 e. The molecule has 1 N–H and O–H groups in total. The van der Waals surface area contributed by atoms with Crippen molar-refractivity contribution in [2.24, 2.45) is 17.3 Å². The molecule has 1 aliphatic heterocycles. The highest BCUT2D eigenvalue weighted by Gasteiger charge is 2.43. The minimum absolute atomic E-state index is 0.609. The summed E-state index contributed by atoms with van der Waals surface area (Å²) in [4.78, 5) is 2.49. The van der Waals surface area contributed by atoms with E-state index < -0.39 is 0 Å². The summed E-state index contributed by atoms with van der Waals surface area (Å²) >= 11 is 0. The first kappa shape index (κ1) is 10.4. The second-order valence-corrected chi connectivity index (χ2v) is 5.86. The van der Waals surface area contributed by atoms with Gasteiger partial charge in [0.2, 0.25) is 0 Å². The summed E-state index contributed by atoms with van der Waals surface area (Å²) in [5.41, 5.74) is 0.609. The molecular weight excluding hydrogens is 172 g/mol. The molecule has 2 atom stereocenters. The van der Waals surface area contributed by atoms with Crippen LogP contribution in [0.5, 0.6) is 0 Å². The SMILES string of the molecule is CN1CCNCC(C2CCC2(C)C)C1. The number of nitrogens with zero attached hydrogens (tertiary/aromatic N) is 1. The average Bonchev–Trinajstić information content (AvgIpc) is 2.28. The van der Waals surface area contributed by atoms with E-state index in [0.29, 0.717) is 5.41 Å². The van der Waals surface area contributed by atoms with Crippen LogP contribution in [-0.2, 0) is 0 Å². The highest BCUT2D eigenvalue weighted by atomic mass is 15.1. The molecule has 0 radical (unpaired) electrons. The standard InChI is InChI=1S/C12H24N2/c1-12(2)5-4-11(12)10-8-13-6-7-14(3)9-10/h10-11,13H,4-9H2,1-3H3. The van der Waals surface area contributed by atoms with E-state index in [1.807, 2.05) is 0 Å². The van der Waals surface area contributed by atoms with E-state index in [1.165, 1.54) is 39.0 Å². The predicted molar refractivity (Wildman–Crippen MR) is 60.4 cm³/mol. The lowest BCUT2D eigenvalue weighted by Crippen LogP contribution is -2.45. The van der Waals surface area contributed by atoms with Crippen molar-refractivity contribution in [3.05, 3.63) is 0 Å². The second-order valence-electron chi connectivity index (χ2n) is 5.86. The van der Waals surface area contributed by atoms with Crippen molar-refractivity contribution in [1.29, 1.82) is 0 Å². The zero-order valence-corrected chi connectivity index (χ0v) is 9.84. The van der Waals surface area contributed by atoms with Crippen molar-refractivity contribution in [3.8, 4) is 0 Å². The molecule has 1 saturated carbocycles. The van der Waals surface area contributed by atoms with Crippen molar-refractivity contribution < 1.29 is 0 Å². The molecule has 0 bridgehead atoms. The third-order valence-electron chi connectivity index (χ3n) is 4.30. The maximum atomic E-state index is 3.57. The van der Waals surface area contributed by atoms with Gasteiger partial charge >= 0.3 is 0 Å². The zero-order chi connectivity index (χ0) is 10.2. The molecule has 0 aromatic rings. The normalized spacial score (nSPS) is 38.8. The number of nitrogens with one attached hydrogen (secondary N) is 1. The first-order valence-corrected chi connectivity index (χ1v) is 5.99. The third kappa shape index (κ3) is 1.96. The van der Waals surface area contributed by atoms with Crippen LogP contribution >= 0.6 is 0 Å². The topological polar surface area (TPSA) is 15.3 Å². The minimum Gasteiger partial charge on any atom is -0.315 e. The molecule has 1 aliphatic carbocycles. The third-order valence-corrected chi connectivity index (χ3v) is 4.30. The molecule has 1 heterocycles. The molecule has 2 aliphatic rings. The number of likely N-dealkylation sites (N-methyl/N-ethyl adjacent to an activating group) is 1. The fourth-order valence-electron chi connectivity index (χ4n) is 3.15. The van der Waals surface area contributed by atoms with Crippen molar-refractivity contribution in [2.45, 2.75) is 26.7 Å². The van der Waals surface area contributed by atoms with Crippen LogP contribution in [0.1, 0.15) is 26.7 Å². The first-order chi connectivity index (χ1) is 6.59. The molecule has 0 aromatic carbocycles. The van der Waals surface area contributed by atoms with Crippen LogP contribution < -0.4 is 5.32 Å². The van der Waals surface area contributed by atoms with Gasteiger partial charge in [-0.3, -0.25) is 0 Å². The molecule has 2 fully saturated rings. The van der Waals surface area contributed by atoms with Crippen LogP contribution in [0.4, 0.5) is 0 Å². The monoisotopic (exact) mass is 196 g/mol. The van der Waals surface area contributed by atoms with Crippen molar-refractivity contribution in [2.75, 3.05) is 33.2 Å². The second kappa shape index (κ2) is 3.82. The van der Waals surface area contributed by atoms with Gasteiger partial charge in [0.1, 0.15) is 0 Å². The molecule has 2 nitrogen and oxygen atoms in total. The Hall–Kier alpha value is -0.0800. The van der Waals surface area contributed by atoms with Gasteiger partial charge in [-0.05, 0) is 43.7 Å². The summed E-state index contributed by atoms with van der Waals surface area (Å²) in [6.07, 6.45) is 2.88. The van der Waals surface area contributed by atoms with Crippen molar-refractivity contribution in [1.82, 2.24) is 10.2 Å². The van der Waals surface area contributed by atoms with Crippen LogP contribution in [0.2, 0.25) is 0 Å². The van der Waals surface area contributed by atoms with Crippen LogP contribution in [0.3, 0.4) is 0 Å². The Morgan fingerprint density at radius 3 is 2.71 bits per heavy atom. The highest BCUT2D eigenvalue weighted by Crippen LogP contribution is 2.49. The van der Waals surface area contributed by atoms with Crippen LogP contribution in [-0.4, -0.2) is 38.1 Å². The lowest BCUT2D eigenvalue weighted by molar-refractivity contribution is 0.0132. The van der Waals surface area contributed by atoms with E-state index in [-0.39, 0.29) is 0 Å². The summed E-state index contributed by atoms with van der Waals surface area (Å²) in [7, 11) is 2.26. The Bertz CT molecular complexity index is 200. The first-order valence-electron chi connectivity index (χ1n) is 5.99. The van der Waals surface area contributed by atoms with Gasteiger partial charge in [-0.2, -0.15) is 0 Å². The zero-order valence-electron chi connectivity index (χ0n) is 9.84. The Balaban J connectivity index is 1.95. The van der Waals surface area contributed by atoms with Crippen molar-refractivity contribution in [3.63, 3.8) is 0 Å². The number of rotatable bonds is 1. The van der Waals surface area contributed by atoms with E-state index in [0.717, 1.165) is 11.8 Å². The molecular formula is C12H24N2. The van der Waals surface area contributed by atoms with Gasteiger partial charge in [0.05, 0.1) is 0 Å². The fraction of sp³-hybridized carbons (Fsp3) is 1.00. The molecule has 0 amide bonds. The summed E-state index contributed by atoms with van der Waals surface area (Å²) in [5, 5.41) is 3.57.